The van der Waals surface area contributed by atoms with Crippen molar-refractivity contribution in [3.8, 4) is 0 Å². The topological polar surface area (TPSA) is 49.3 Å². The van der Waals surface area contributed by atoms with Crippen LogP contribution in [0.5, 0.6) is 0 Å². The van der Waals surface area contributed by atoms with Crippen LogP contribution in [0.3, 0.4) is 0 Å². The Balaban J connectivity index is 2.40. The van der Waals surface area contributed by atoms with E-state index in [-0.39, 0.29) is 6.04 Å². The molecule has 0 saturated heterocycles. The number of rotatable bonds is 4. The van der Waals surface area contributed by atoms with Crippen LogP contribution >= 0.6 is 15.9 Å². The number of hydrogen-bond acceptors (Lipinski definition) is 2. The van der Waals surface area contributed by atoms with Gasteiger partial charge >= 0.3 is 5.97 Å². The summed E-state index contributed by atoms with van der Waals surface area (Å²) in [6.45, 7) is 0. The molecule has 1 aromatic rings. The van der Waals surface area contributed by atoms with Crippen molar-refractivity contribution in [1.82, 2.24) is 5.32 Å². The van der Waals surface area contributed by atoms with Crippen LogP contribution in [0.2, 0.25) is 0 Å². The van der Waals surface area contributed by atoms with Gasteiger partial charge in [-0.25, -0.2) is 0 Å². The van der Waals surface area contributed by atoms with Gasteiger partial charge in [0.2, 0.25) is 0 Å². The Labute approximate surface area is 109 Å². The molecule has 4 heteroatoms. The van der Waals surface area contributed by atoms with Crippen LogP contribution in [0.1, 0.15) is 30.9 Å². The molecule has 2 rings (SSSR count). The van der Waals surface area contributed by atoms with E-state index in [9.17, 15) is 9.90 Å². The number of aliphatic carboxylic acids is 1. The van der Waals surface area contributed by atoms with Gasteiger partial charge in [-0.2, -0.15) is 0 Å². The quantitative estimate of drug-likeness (QED) is 0.898. The van der Waals surface area contributed by atoms with Gasteiger partial charge in [0.15, 0.2) is 0 Å². The van der Waals surface area contributed by atoms with Crippen LogP contribution in [0.25, 0.3) is 0 Å². The predicted octanol–water partition coefficient (Wildman–Crippen LogP) is 2.96. The summed E-state index contributed by atoms with van der Waals surface area (Å²) in [6, 6.07) is 7.68. The highest BCUT2D eigenvalue weighted by atomic mass is 79.9. The van der Waals surface area contributed by atoms with E-state index in [4.69, 9.17) is 0 Å². The number of nitrogens with one attached hydrogen (secondary N) is 1. The van der Waals surface area contributed by atoms with Crippen molar-refractivity contribution < 1.29 is 9.90 Å². The summed E-state index contributed by atoms with van der Waals surface area (Å²) in [6.07, 6.45) is 2.49. The third-order valence-corrected chi connectivity index (χ3v) is 4.45. The van der Waals surface area contributed by atoms with E-state index in [1.807, 2.05) is 31.3 Å². The maximum absolute atomic E-state index is 11.5. The lowest BCUT2D eigenvalue weighted by Crippen LogP contribution is -2.48. The summed E-state index contributed by atoms with van der Waals surface area (Å²) in [7, 11) is 1.83. The molecule has 17 heavy (non-hydrogen) atoms. The first-order valence-corrected chi connectivity index (χ1v) is 6.56. The molecule has 1 aromatic carbocycles. The lowest BCUT2D eigenvalue weighted by Gasteiger charge is -2.44. The Morgan fingerprint density at radius 3 is 2.53 bits per heavy atom. The smallest absolute Gasteiger partial charge is 0.311 e. The van der Waals surface area contributed by atoms with Crippen LogP contribution in [0.4, 0.5) is 0 Å². The molecule has 0 aliphatic heterocycles. The normalized spacial score (nSPS) is 19.4. The summed E-state index contributed by atoms with van der Waals surface area (Å²) < 4.78 is 0.965. The first-order chi connectivity index (χ1) is 8.12. The molecule has 0 heterocycles. The average Bonchev–Trinajstić information content (AvgIpc) is 2.24. The summed E-state index contributed by atoms with van der Waals surface area (Å²) in [5.74, 6) is -0.696. The second-order valence-corrected chi connectivity index (χ2v) is 5.41. The van der Waals surface area contributed by atoms with Crippen molar-refractivity contribution in [1.29, 1.82) is 0 Å². The van der Waals surface area contributed by atoms with E-state index >= 15 is 0 Å². The second kappa shape index (κ2) is 4.78. The molecule has 0 bridgehead atoms. The van der Waals surface area contributed by atoms with Crippen LogP contribution in [-0.4, -0.2) is 18.1 Å². The fraction of sp³-hybridized carbons (Fsp3) is 0.462. The molecule has 2 N–H and O–H groups in total. The van der Waals surface area contributed by atoms with Crippen LogP contribution in [0.15, 0.2) is 28.7 Å². The van der Waals surface area contributed by atoms with Crippen molar-refractivity contribution in [2.24, 2.45) is 5.41 Å². The Kier molecular flexibility index (Phi) is 3.54. The highest BCUT2D eigenvalue weighted by Gasteiger charge is 2.51. The van der Waals surface area contributed by atoms with Gasteiger partial charge in [0.05, 0.1) is 5.41 Å². The molecule has 3 nitrogen and oxygen atoms in total. The minimum Gasteiger partial charge on any atom is -0.481 e. The molecular formula is C13H16BrNO2. The van der Waals surface area contributed by atoms with Crippen LogP contribution in [-0.2, 0) is 4.79 Å². The van der Waals surface area contributed by atoms with E-state index in [2.05, 4.69) is 21.2 Å². The zero-order valence-electron chi connectivity index (χ0n) is 9.74. The fourth-order valence-electron chi connectivity index (χ4n) is 2.62. The fourth-order valence-corrected chi connectivity index (χ4v) is 3.14. The highest BCUT2D eigenvalue weighted by Crippen LogP contribution is 2.51. The van der Waals surface area contributed by atoms with Crippen LogP contribution < -0.4 is 5.32 Å². The van der Waals surface area contributed by atoms with Gasteiger partial charge in [0, 0.05) is 10.5 Å². The van der Waals surface area contributed by atoms with Crippen molar-refractivity contribution >= 4 is 21.9 Å². The van der Waals surface area contributed by atoms with E-state index in [0.717, 1.165) is 29.3 Å². The van der Waals surface area contributed by atoms with Gasteiger partial charge in [-0.1, -0.05) is 40.5 Å². The Morgan fingerprint density at radius 1 is 1.47 bits per heavy atom. The number of carboxylic acids is 1. The minimum atomic E-state index is -0.696. The van der Waals surface area contributed by atoms with Gasteiger partial charge in [-0.3, -0.25) is 4.79 Å². The van der Waals surface area contributed by atoms with Crippen molar-refractivity contribution in [2.75, 3.05) is 7.05 Å². The van der Waals surface area contributed by atoms with Crippen molar-refractivity contribution in [3.63, 3.8) is 0 Å². The largest absolute Gasteiger partial charge is 0.481 e. The average molecular weight is 298 g/mol. The molecule has 1 unspecified atom stereocenters. The standard InChI is InChI=1S/C13H16BrNO2/c1-15-11(9-5-2-3-6-10(9)14)13(12(16)17)7-4-8-13/h2-3,5-6,11,15H,4,7-8H2,1H3,(H,16,17). The molecule has 92 valence electrons. The molecule has 1 atom stereocenters. The third kappa shape index (κ3) is 2.00. The van der Waals surface area contributed by atoms with Crippen LogP contribution in [0, 0.1) is 5.41 Å². The molecular weight excluding hydrogens is 282 g/mol. The first-order valence-electron chi connectivity index (χ1n) is 5.77. The van der Waals surface area contributed by atoms with E-state index in [1.165, 1.54) is 0 Å². The molecule has 0 aromatic heterocycles. The van der Waals surface area contributed by atoms with Crippen molar-refractivity contribution in [3.05, 3.63) is 34.3 Å². The SMILES string of the molecule is CNC(c1ccccc1Br)C1(C(=O)O)CCC1. The van der Waals surface area contributed by atoms with Gasteiger partial charge in [-0.05, 0) is 31.5 Å². The maximum atomic E-state index is 11.5. The Bertz CT molecular complexity index is 429. The Hall–Kier alpha value is -0.870. The zero-order chi connectivity index (χ0) is 12.5. The molecule has 0 radical (unpaired) electrons. The highest BCUT2D eigenvalue weighted by molar-refractivity contribution is 9.10. The monoisotopic (exact) mass is 297 g/mol. The van der Waals surface area contributed by atoms with Gasteiger partial charge in [-0.15, -0.1) is 0 Å². The van der Waals surface area contributed by atoms with Gasteiger partial charge < -0.3 is 10.4 Å². The minimum absolute atomic E-state index is 0.135. The molecule has 1 fully saturated rings. The summed E-state index contributed by atoms with van der Waals surface area (Å²) >= 11 is 3.50. The maximum Gasteiger partial charge on any atom is 0.311 e. The summed E-state index contributed by atoms with van der Waals surface area (Å²) in [5, 5.41) is 12.7. The number of halogens is 1. The number of carboxylic acid groups (broad SMARTS) is 1. The molecule has 0 spiro atoms. The number of benzene rings is 1. The van der Waals surface area contributed by atoms with Crippen molar-refractivity contribution in [2.45, 2.75) is 25.3 Å². The summed E-state index contributed by atoms with van der Waals surface area (Å²) in [4.78, 5) is 11.5. The third-order valence-electron chi connectivity index (χ3n) is 3.73. The number of hydrogen-bond donors (Lipinski definition) is 2. The first kappa shape index (κ1) is 12.6. The van der Waals surface area contributed by atoms with Gasteiger partial charge in [0.1, 0.15) is 0 Å². The predicted molar refractivity (Wildman–Crippen MR) is 69.9 cm³/mol. The van der Waals surface area contributed by atoms with Gasteiger partial charge in [0.25, 0.3) is 0 Å². The lowest BCUT2D eigenvalue weighted by molar-refractivity contribution is -0.157. The van der Waals surface area contributed by atoms with E-state index < -0.39 is 11.4 Å². The molecule has 1 aliphatic rings. The molecule has 1 saturated carbocycles. The molecule has 1 aliphatic carbocycles. The second-order valence-electron chi connectivity index (χ2n) is 4.56. The summed E-state index contributed by atoms with van der Waals surface area (Å²) in [5.41, 5.74) is 0.385. The zero-order valence-corrected chi connectivity index (χ0v) is 11.3. The Morgan fingerprint density at radius 2 is 2.12 bits per heavy atom. The van der Waals surface area contributed by atoms with E-state index in [1.54, 1.807) is 0 Å². The lowest BCUT2D eigenvalue weighted by atomic mass is 9.62. The number of carbonyl (C=O) groups is 1. The van der Waals surface area contributed by atoms with E-state index in [0.29, 0.717) is 0 Å². The molecule has 0 amide bonds.